The SMILES string of the molecule is N#CCC[As](CCO)c1ccc(/N=N/c2nc3ccc([N+](=O)[O-])cc3s2)cc1. The van der Waals surface area contributed by atoms with Crippen LogP contribution in [0.2, 0.25) is 10.4 Å². The molecule has 0 bridgehead atoms. The number of rotatable bonds is 8. The van der Waals surface area contributed by atoms with Gasteiger partial charge in [0.2, 0.25) is 0 Å². The Hall–Kier alpha value is -2.66. The molecule has 2 aromatic carbocycles. The first-order valence-electron chi connectivity index (χ1n) is 8.40. The van der Waals surface area contributed by atoms with Crippen molar-refractivity contribution in [2.75, 3.05) is 6.61 Å². The fourth-order valence-electron chi connectivity index (χ4n) is 2.56. The van der Waals surface area contributed by atoms with E-state index in [0.29, 0.717) is 27.5 Å². The minimum absolute atomic E-state index is 0.0217. The number of nitro groups is 1. The molecule has 0 spiro atoms. The van der Waals surface area contributed by atoms with Gasteiger partial charge in [0.1, 0.15) is 0 Å². The van der Waals surface area contributed by atoms with E-state index in [-0.39, 0.29) is 12.3 Å². The van der Waals surface area contributed by atoms with Gasteiger partial charge < -0.3 is 0 Å². The first-order chi connectivity index (χ1) is 13.6. The predicted octanol–water partition coefficient (Wildman–Crippen LogP) is 4.23. The summed E-state index contributed by atoms with van der Waals surface area (Å²) in [6, 6.07) is 14.4. The Morgan fingerprint density at radius 1 is 1.21 bits per heavy atom. The number of non-ortho nitro benzene ring substituents is 1. The van der Waals surface area contributed by atoms with Crippen molar-refractivity contribution in [3.8, 4) is 6.07 Å². The number of hydrogen-bond donors (Lipinski definition) is 1. The number of hydrogen-bond acceptors (Lipinski definition) is 8. The number of thiazole rings is 1. The van der Waals surface area contributed by atoms with E-state index in [1.54, 1.807) is 6.07 Å². The molecule has 8 nitrogen and oxygen atoms in total. The van der Waals surface area contributed by atoms with Crippen LogP contribution < -0.4 is 4.35 Å². The van der Waals surface area contributed by atoms with E-state index in [1.165, 1.54) is 27.8 Å². The predicted molar refractivity (Wildman–Crippen MR) is 109 cm³/mol. The van der Waals surface area contributed by atoms with Crippen molar-refractivity contribution in [3.05, 3.63) is 52.6 Å². The van der Waals surface area contributed by atoms with Crippen LogP contribution in [0.15, 0.2) is 52.7 Å². The van der Waals surface area contributed by atoms with Crippen molar-refractivity contribution in [1.29, 1.82) is 5.26 Å². The van der Waals surface area contributed by atoms with E-state index in [0.717, 1.165) is 10.4 Å². The van der Waals surface area contributed by atoms with E-state index in [2.05, 4.69) is 21.3 Å². The summed E-state index contributed by atoms with van der Waals surface area (Å²) >= 11 is -0.183. The van der Waals surface area contributed by atoms with Gasteiger partial charge in [-0.05, 0) is 0 Å². The molecule has 0 aliphatic rings. The van der Waals surface area contributed by atoms with Crippen molar-refractivity contribution >= 4 is 57.1 Å². The second kappa shape index (κ2) is 9.51. The summed E-state index contributed by atoms with van der Waals surface area (Å²) in [5, 5.41) is 39.3. The molecule has 3 aromatic rings. The number of nitro benzene ring substituents is 1. The van der Waals surface area contributed by atoms with Gasteiger partial charge in [-0.15, -0.1) is 0 Å². The number of fused-ring (bicyclic) bond motifs is 1. The topological polar surface area (TPSA) is 125 Å². The molecular weight excluding hydrogens is 441 g/mol. The zero-order valence-electron chi connectivity index (χ0n) is 14.7. The first-order valence-corrected chi connectivity index (χ1v) is 12.8. The summed E-state index contributed by atoms with van der Waals surface area (Å²) in [5.74, 6) is 0. The van der Waals surface area contributed by atoms with E-state index in [1.807, 2.05) is 24.3 Å². The molecule has 3 rings (SSSR count). The van der Waals surface area contributed by atoms with Crippen molar-refractivity contribution in [3.63, 3.8) is 0 Å². The number of aromatic nitrogens is 1. The first kappa shape index (κ1) is 20.1. The maximum absolute atomic E-state index is 10.9. The van der Waals surface area contributed by atoms with Gasteiger partial charge in [-0.1, -0.05) is 0 Å². The molecule has 1 atom stereocenters. The second-order valence-electron chi connectivity index (χ2n) is 5.74. The summed E-state index contributed by atoms with van der Waals surface area (Å²) in [4.78, 5) is 14.7. The van der Waals surface area contributed by atoms with Crippen LogP contribution in [0.5, 0.6) is 0 Å². The normalized spacial score (nSPS) is 12.3. The van der Waals surface area contributed by atoms with Crippen LogP contribution in [0.4, 0.5) is 16.5 Å². The molecule has 142 valence electrons. The molecule has 0 aliphatic heterocycles. The Morgan fingerprint density at radius 3 is 2.68 bits per heavy atom. The van der Waals surface area contributed by atoms with Crippen LogP contribution in [0.1, 0.15) is 6.42 Å². The number of nitriles is 1. The van der Waals surface area contributed by atoms with E-state index in [9.17, 15) is 15.2 Å². The molecule has 0 aliphatic carbocycles. The van der Waals surface area contributed by atoms with Crippen molar-refractivity contribution < 1.29 is 10.0 Å². The fraction of sp³-hybridized carbons (Fsp3) is 0.222. The minimum atomic E-state index is -1.43. The third kappa shape index (κ3) is 4.98. The number of aliphatic hydroxyl groups is 1. The molecule has 10 heteroatoms. The Labute approximate surface area is 169 Å². The van der Waals surface area contributed by atoms with Crippen molar-refractivity contribution in [1.82, 2.24) is 4.98 Å². The molecular formula is C18H16AsN5O3S. The molecule has 1 unspecified atom stereocenters. The third-order valence-electron chi connectivity index (χ3n) is 3.90. The van der Waals surface area contributed by atoms with Crippen molar-refractivity contribution in [2.24, 2.45) is 10.2 Å². The van der Waals surface area contributed by atoms with Crippen LogP contribution >= 0.6 is 11.3 Å². The number of azo groups is 1. The Kier molecular flexibility index (Phi) is 6.82. The fourth-order valence-corrected chi connectivity index (χ4v) is 7.42. The molecule has 28 heavy (non-hydrogen) atoms. The molecule has 0 saturated carbocycles. The monoisotopic (exact) mass is 457 g/mol. The maximum atomic E-state index is 10.9. The van der Waals surface area contributed by atoms with Gasteiger partial charge in [0, 0.05) is 0 Å². The van der Waals surface area contributed by atoms with Gasteiger partial charge in [0.15, 0.2) is 0 Å². The van der Waals surface area contributed by atoms with Crippen LogP contribution in [0.3, 0.4) is 0 Å². The zero-order valence-corrected chi connectivity index (χ0v) is 17.4. The molecule has 1 N–H and O–H groups in total. The van der Waals surface area contributed by atoms with Gasteiger partial charge >= 0.3 is 160 Å². The molecule has 0 radical (unpaired) electrons. The average Bonchev–Trinajstić information content (AvgIpc) is 3.12. The van der Waals surface area contributed by atoms with Crippen molar-refractivity contribution in [2.45, 2.75) is 16.8 Å². The molecule has 0 fully saturated rings. The van der Waals surface area contributed by atoms with Gasteiger partial charge in [-0.2, -0.15) is 0 Å². The van der Waals surface area contributed by atoms with E-state index >= 15 is 0 Å². The number of nitrogens with zero attached hydrogens (tertiary/aromatic N) is 5. The Balaban J connectivity index is 1.74. The molecule has 0 amide bonds. The van der Waals surface area contributed by atoms with Crippen LogP contribution in [0, 0.1) is 21.4 Å². The average molecular weight is 457 g/mol. The quantitative estimate of drug-likeness (QED) is 0.235. The Morgan fingerprint density at radius 2 is 2.00 bits per heavy atom. The van der Waals surface area contributed by atoms with E-state index < -0.39 is 19.6 Å². The van der Waals surface area contributed by atoms with Crippen LogP contribution in [0.25, 0.3) is 10.2 Å². The summed E-state index contributed by atoms with van der Waals surface area (Å²) in [5.41, 5.74) is 1.34. The number of benzene rings is 2. The second-order valence-corrected chi connectivity index (χ2v) is 12.0. The van der Waals surface area contributed by atoms with E-state index in [4.69, 9.17) is 5.26 Å². The summed E-state index contributed by atoms with van der Waals surface area (Å²) in [7, 11) is 0. The summed E-state index contributed by atoms with van der Waals surface area (Å²) in [6.45, 7) is 0.142. The zero-order chi connectivity index (χ0) is 19.9. The van der Waals surface area contributed by atoms with Gasteiger partial charge in [-0.3, -0.25) is 10.1 Å². The molecule has 1 aromatic heterocycles. The van der Waals surface area contributed by atoms with Crippen LogP contribution in [-0.4, -0.2) is 36.3 Å². The van der Waals surface area contributed by atoms with Gasteiger partial charge in [0.25, 0.3) is 0 Å². The third-order valence-corrected chi connectivity index (χ3v) is 10.1. The number of aliphatic hydroxyl groups excluding tert-OH is 1. The Bertz CT molecular complexity index is 1050. The van der Waals surface area contributed by atoms with Gasteiger partial charge in [0.05, 0.1) is 0 Å². The van der Waals surface area contributed by atoms with Crippen LogP contribution in [-0.2, 0) is 0 Å². The molecule has 1 heterocycles. The summed E-state index contributed by atoms with van der Waals surface area (Å²) < 4.78 is 1.89. The van der Waals surface area contributed by atoms with Gasteiger partial charge in [-0.25, -0.2) is 0 Å². The standard InChI is InChI=1S/C18H16AsN5O3S/c20-10-1-8-19(9-11-25)13-2-4-14(5-3-13)22-23-18-21-16-7-6-15(24(26)27)12-17(16)28-18/h2-7,12,25H,1,8-9,11H2/b23-22+. The summed E-state index contributed by atoms with van der Waals surface area (Å²) in [6.07, 6.45) is 0.511. The molecule has 0 saturated heterocycles.